The lowest BCUT2D eigenvalue weighted by Gasteiger charge is -2.28. The fourth-order valence-corrected chi connectivity index (χ4v) is 2.88. The van der Waals surface area contributed by atoms with E-state index in [0.717, 1.165) is 29.3 Å². The van der Waals surface area contributed by atoms with Crippen molar-refractivity contribution in [3.8, 4) is 0 Å². The number of rotatable bonds is 5. The average Bonchev–Trinajstić information content (AvgIpc) is 2.62. The Morgan fingerprint density at radius 2 is 1.38 bits per heavy atom. The Kier molecular flexibility index (Phi) is 4.67. The Hall–Kier alpha value is -2.59. The first kappa shape index (κ1) is 16.3. The molecule has 0 aromatic carbocycles. The predicted octanol–water partition coefficient (Wildman–Crippen LogP) is 3.29. The average molecular weight is 318 g/mol. The minimum Gasteiger partial charge on any atom is -0.304 e. The largest absolute Gasteiger partial charge is 0.304 e. The van der Waals surface area contributed by atoms with Gasteiger partial charge in [-0.15, -0.1) is 0 Å². The molecule has 3 aromatic rings. The van der Waals surface area contributed by atoms with Gasteiger partial charge in [-0.25, -0.2) is 0 Å². The lowest BCUT2D eigenvalue weighted by Crippen LogP contribution is -2.29. The maximum atomic E-state index is 4.92. The van der Waals surface area contributed by atoms with Gasteiger partial charge in [-0.2, -0.15) is 0 Å². The van der Waals surface area contributed by atoms with Gasteiger partial charge in [0.2, 0.25) is 0 Å². The molecule has 0 saturated carbocycles. The van der Waals surface area contributed by atoms with Crippen molar-refractivity contribution in [3.63, 3.8) is 0 Å². The summed E-state index contributed by atoms with van der Waals surface area (Å²) in [7, 11) is 4.09. The van der Waals surface area contributed by atoms with Crippen molar-refractivity contribution in [1.29, 1.82) is 0 Å². The minimum absolute atomic E-state index is 0.495. The quantitative estimate of drug-likeness (QED) is 0.724. The van der Waals surface area contributed by atoms with Crippen molar-refractivity contribution in [3.05, 3.63) is 89.8 Å². The lowest BCUT2D eigenvalue weighted by atomic mass is 9.78. The van der Waals surface area contributed by atoms with Gasteiger partial charge in [0.25, 0.3) is 0 Å². The van der Waals surface area contributed by atoms with Crippen LogP contribution in [0.1, 0.15) is 29.7 Å². The first-order valence-electron chi connectivity index (χ1n) is 8.05. The highest BCUT2D eigenvalue weighted by Gasteiger charge is 2.35. The fourth-order valence-electron chi connectivity index (χ4n) is 2.88. The van der Waals surface area contributed by atoms with Crippen molar-refractivity contribution in [2.24, 2.45) is 0 Å². The van der Waals surface area contributed by atoms with Crippen LogP contribution in [-0.4, -0.2) is 33.9 Å². The summed E-state index contributed by atoms with van der Waals surface area (Å²) < 4.78 is 0. The zero-order chi connectivity index (χ0) is 17.0. The molecule has 0 bridgehead atoms. The fraction of sp³-hybridized carbons (Fsp3) is 0.250. The third kappa shape index (κ3) is 3.19. The van der Waals surface area contributed by atoms with Crippen molar-refractivity contribution in [2.45, 2.75) is 18.9 Å². The Bertz CT molecular complexity index is 746. The summed E-state index contributed by atoms with van der Waals surface area (Å²) in [6, 6.07) is 18.1. The summed E-state index contributed by atoms with van der Waals surface area (Å²) in [6.07, 6.45) is 3.64. The van der Waals surface area contributed by atoms with Gasteiger partial charge in [0.1, 0.15) is 0 Å². The van der Waals surface area contributed by atoms with E-state index in [4.69, 9.17) is 4.98 Å². The first-order chi connectivity index (χ1) is 11.6. The number of pyridine rings is 3. The van der Waals surface area contributed by atoms with Crippen molar-refractivity contribution in [1.82, 2.24) is 19.9 Å². The summed E-state index contributed by atoms with van der Waals surface area (Å²) in [5, 5.41) is 0. The van der Waals surface area contributed by atoms with Crippen LogP contribution in [0.3, 0.4) is 0 Å². The Balaban J connectivity index is 2.16. The second-order valence-electron chi connectivity index (χ2n) is 6.31. The highest BCUT2D eigenvalue weighted by molar-refractivity contribution is 5.41. The van der Waals surface area contributed by atoms with Gasteiger partial charge >= 0.3 is 0 Å². The molecule has 0 aliphatic carbocycles. The Morgan fingerprint density at radius 1 is 0.792 bits per heavy atom. The summed E-state index contributed by atoms with van der Waals surface area (Å²) in [5.74, 6) is 0. The van der Waals surface area contributed by atoms with Crippen LogP contribution >= 0.6 is 0 Å². The number of aromatic nitrogens is 3. The van der Waals surface area contributed by atoms with E-state index in [0.29, 0.717) is 0 Å². The molecule has 3 heterocycles. The third-order valence-corrected chi connectivity index (χ3v) is 4.15. The molecule has 0 aliphatic heterocycles. The van der Waals surface area contributed by atoms with Gasteiger partial charge < -0.3 is 4.90 Å². The molecular formula is C20H22N4. The molecule has 4 heteroatoms. The smallest absolute Gasteiger partial charge is 0.0939 e. The van der Waals surface area contributed by atoms with Crippen LogP contribution in [0, 0.1) is 0 Å². The SMILES string of the molecule is CN(C)Cc1cccc(C(C)(c2ccccn2)c2ccccn2)n1. The van der Waals surface area contributed by atoms with Crippen LogP contribution in [0.15, 0.2) is 67.0 Å². The normalized spacial score (nSPS) is 11.7. The molecule has 0 saturated heterocycles. The maximum Gasteiger partial charge on any atom is 0.0939 e. The lowest BCUT2D eigenvalue weighted by molar-refractivity contribution is 0.395. The molecular weight excluding hydrogens is 296 g/mol. The number of hydrogen-bond acceptors (Lipinski definition) is 4. The Labute approximate surface area is 143 Å². The standard InChI is InChI=1S/C20H22N4/c1-20(17-10-4-6-13-21-17,18-11-5-7-14-22-18)19-12-8-9-16(23-19)15-24(2)3/h4-14H,15H2,1-3H3. The summed E-state index contributed by atoms with van der Waals surface area (Å²) in [6.45, 7) is 2.94. The van der Waals surface area contributed by atoms with Crippen LogP contribution in [0.25, 0.3) is 0 Å². The van der Waals surface area contributed by atoms with Crippen LogP contribution < -0.4 is 0 Å². The van der Waals surface area contributed by atoms with Gasteiger partial charge in [0.15, 0.2) is 0 Å². The molecule has 0 amide bonds. The maximum absolute atomic E-state index is 4.92. The number of hydrogen-bond donors (Lipinski definition) is 0. The number of nitrogens with zero attached hydrogens (tertiary/aromatic N) is 4. The molecule has 0 spiro atoms. The van der Waals surface area contributed by atoms with E-state index in [2.05, 4.69) is 40.0 Å². The molecule has 0 fully saturated rings. The highest BCUT2D eigenvalue weighted by Crippen LogP contribution is 2.35. The molecule has 0 aliphatic rings. The molecule has 24 heavy (non-hydrogen) atoms. The second kappa shape index (κ2) is 6.89. The van der Waals surface area contributed by atoms with Crippen molar-refractivity contribution in [2.75, 3.05) is 14.1 Å². The topological polar surface area (TPSA) is 41.9 Å². The monoisotopic (exact) mass is 318 g/mol. The first-order valence-corrected chi connectivity index (χ1v) is 8.05. The van der Waals surface area contributed by atoms with Gasteiger partial charge in [0, 0.05) is 18.9 Å². The molecule has 3 rings (SSSR count). The van der Waals surface area contributed by atoms with Crippen molar-refractivity contribution >= 4 is 0 Å². The van der Waals surface area contributed by atoms with Crippen LogP contribution in [0.5, 0.6) is 0 Å². The molecule has 122 valence electrons. The summed E-state index contributed by atoms with van der Waals surface area (Å²) in [4.78, 5) is 16.2. The van der Waals surface area contributed by atoms with Gasteiger partial charge in [-0.05, 0) is 57.4 Å². The van der Waals surface area contributed by atoms with E-state index < -0.39 is 5.41 Å². The van der Waals surface area contributed by atoms with E-state index in [1.807, 2.05) is 62.9 Å². The van der Waals surface area contributed by atoms with Crippen LogP contribution in [-0.2, 0) is 12.0 Å². The second-order valence-corrected chi connectivity index (χ2v) is 6.31. The zero-order valence-electron chi connectivity index (χ0n) is 14.3. The molecule has 3 aromatic heterocycles. The van der Waals surface area contributed by atoms with Gasteiger partial charge in [-0.1, -0.05) is 18.2 Å². The molecule has 0 N–H and O–H groups in total. The van der Waals surface area contributed by atoms with E-state index in [9.17, 15) is 0 Å². The zero-order valence-corrected chi connectivity index (χ0v) is 14.3. The highest BCUT2D eigenvalue weighted by atomic mass is 15.1. The van der Waals surface area contributed by atoms with Crippen LogP contribution in [0.4, 0.5) is 0 Å². The van der Waals surface area contributed by atoms with E-state index >= 15 is 0 Å². The summed E-state index contributed by atoms with van der Waals surface area (Å²) >= 11 is 0. The van der Waals surface area contributed by atoms with E-state index in [1.54, 1.807) is 0 Å². The predicted molar refractivity (Wildman–Crippen MR) is 95.7 cm³/mol. The van der Waals surface area contributed by atoms with Crippen LogP contribution in [0.2, 0.25) is 0 Å². The molecule has 4 nitrogen and oxygen atoms in total. The van der Waals surface area contributed by atoms with E-state index in [-0.39, 0.29) is 0 Å². The van der Waals surface area contributed by atoms with Gasteiger partial charge in [0.05, 0.1) is 28.2 Å². The minimum atomic E-state index is -0.495. The van der Waals surface area contributed by atoms with Gasteiger partial charge in [-0.3, -0.25) is 15.0 Å². The third-order valence-electron chi connectivity index (χ3n) is 4.15. The van der Waals surface area contributed by atoms with E-state index in [1.165, 1.54) is 0 Å². The molecule has 0 atom stereocenters. The molecule has 0 radical (unpaired) electrons. The summed E-state index contributed by atoms with van der Waals surface area (Å²) in [5.41, 5.74) is 3.39. The Morgan fingerprint density at radius 3 is 1.88 bits per heavy atom. The molecule has 0 unspecified atom stereocenters. The van der Waals surface area contributed by atoms with Crippen molar-refractivity contribution < 1.29 is 0 Å².